The second-order valence-corrected chi connectivity index (χ2v) is 5.96. The number of nitrogens with zero attached hydrogens (tertiary/aromatic N) is 2. The zero-order chi connectivity index (χ0) is 15.3. The third-order valence-electron chi connectivity index (χ3n) is 4.38. The fourth-order valence-electron chi connectivity index (χ4n) is 3.07. The molecule has 0 amide bonds. The lowest BCUT2D eigenvalue weighted by Crippen LogP contribution is -2.43. The van der Waals surface area contributed by atoms with E-state index >= 15 is 0 Å². The Morgan fingerprint density at radius 1 is 1.18 bits per heavy atom. The van der Waals surface area contributed by atoms with E-state index < -0.39 is 0 Å². The Morgan fingerprint density at radius 3 is 2.68 bits per heavy atom. The zero-order valence-corrected chi connectivity index (χ0v) is 13.0. The molecule has 0 saturated carbocycles. The van der Waals surface area contributed by atoms with E-state index in [4.69, 9.17) is 9.26 Å². The number of hydrogen-bond donors (Lipinski definition) is 1. The molecule has 3 rings (SSSR count). The number of hydrogen-bond acceptors (Lipinski definition) is 5. The van der Waals surface area contributed by atoms with Crippen molar-refractivity contribution in [1.29, 1.82) is 0 Å². The Hall–Kier alpha value is -1.72. The molecule has 0 atom stereocenters. The Labute approximate surface area is 131 Å². The van der Waals surface area contributed by atoms with Crippen molar-refractivity contribution in [3.63, 3.8) is 0 Å². The molecule has 118 valence electrons. The highest BCUT2D eigenvalue weighted by Gasteiger charge is 2.39. The van der Waals surface area contributed by atoms with Crippen molar-refractivity contribution in [2.75, 3.05) is 26.8 Å². The zero-order valence-electron chi connectivity index (χ0n) is 13.0. The van der Waals surface area contributed by atoms with Gasteiger partial charge in [-0.05, 0) is 37.9 Å². The molecular weight excluding hydrogens is 278 g/mol. The van der Waals surface area contributed by atoms with E-state index in [9.17, 15) is 0 Å². The van der Waals surface area contributed by atoms with Crippen molar-refractivity contribution in [3.05, 3.63) is 47.6 Å². The first-order chi connectivity index (χ1) is 10.8. The summed E-state index contributed by atoms with van der Waals surface area (Å²) in [6, 6.07) is 10.4. The summed E-state index contributed by atoms with van der Waals surface area (Å²) >= 11 is 0. The van der Waals surface area contributed by atoms with Crippen molar-refractivity contribution in [2.24, 2.45) is 0 Å². The summed E-state index contributed by atoms with van der Waals surface area (Å²) < 4.78 is 11.0. The minimum Gasteiger partial charge on any atom is -0.384 e. The Morgan fingerprint density at radius 2 is 1.95 bits per heavy atom. The SMILES string of the molecule is COCC1(c2nc(CCc3ccccc3)no2)CCNCC1. The average Bonchev–Trinajstić information content (AvgIpc) is 3.05. The monoisotopic (exact) mass is 301 g/mol. The molecule has 0 spiro atoms. The highest BCUT2D eigenvalue weighted by atomic mass is 16.5. The molecule has 1 saturated heterocycles. The van der Waals surface area contributed by atoms with Gasteiger partial charge >= 0.3 is 0 Å². The Kier molecular flexibility index (Phi) is 4.85. The summed E-state index contributed by atoms with van der Waals surface area (Å²) in [5, 5.41) is 7.55. The predicted molar refractivity (Wildman–Crippen MR) is 83.8 cm³/mol. The first-order valence-corrected chi connectivity index (χ1v) is 7.89. The van der Waals surface area contributed by atoms with Crippen LogP contribution in [0.15, 0.2) is 34.9 Å². The summed E-state index contributed by atoms with van der Waals surface area (Å²) in [6.45, 7) is 2.56. The summed E-state index contributed by atoms with van der Waals surface area (Å²) in [7, 11) is 1.73. The molecule has 5 heteroatoms. The molecule has 1 N–H and O–H groups in total. The molecule has 0 bridgehead atoms. The van der Waals surface area contributed by atoms with Gasteiger partial charge in [0.1, 0.15) is 0 Å². The van der Waals surface area contributed by atoms with Crippen LogP contribution in [0.3, 0.4) is 0 Å². The van der Waals surface area contributed by atoms with Crippen LogP contribution in [-0.2, 0) is 23.0 Å². The van der Waals surface area contributed by atoms with Gasteiger partial charge in [0.05, 0.1) is 12.0 Å². The summed E-state index contributed by atoms with van der Waals surface area (Å²) in [5.74, 6) is 1.52. The van der Waals surface area contributed by atoms with E-state index in [1.54, 1.807) is 7.11 Å². The normalized spacial score (nSPS) is 17.5. The number of benzene rings is 1. The van der Waals surface area contributed by atoms with Crippen LogP contribution in [0.1, 0.15) is 30.1 Å². The van der Waals surface area contributed by atoms with Crippen LogP contribution in [0.5, 0.6) is 0 Å². The molecule has 0 unspecified atom stereocenters. The van der Waals surface area contributed by atoms with Crippen LogP contribution >= 0.6 is 0 Å². The van der Waals surface area contributed by atoms with Crippen LogP contribution in [0.4, 0.5) is 0 Å². The van der Waals surface area contributed by atoms with Crippen LogP contribution in [0.2, 0.25) is 0 Å². The van der Waals surface area contributed by atoms with Crippen molar-refractivity contribution >= 4 is 0 Å². The fraction of sp³-hybridized carbons (Fsp3) is 0.529. The van der Waals surface area contributed by atoms with Crippen LogP contribution in [0, 0.1) is 0 Å². The van der Waals surface area contributed by atoms with Crippen LogP contribution in [0.25, 0.3) is 0 Å². The van der Waals surface area contributed by atoms with Gasteiger partial charge in [0.2, 0.25) is 5.89 Å². The van der Waals surface area contributed by atoms with Gasteiger partial charge in [-0.15, -0.1) is 0 Å². The highest BCUT2D eigenvalue weighted by Crippen LogP contribution is 2.32. The number of aromatic nitrogens is 2. The number of aryl methyl sites for hydroxylation is 2. The molecule has 22 heavy (non-hydrogen) atoms. The van der Waals surface area contributed by atoms with E-state index in [0.29, 0.717) is 6.61 Å². The van der Waals surface area contributed by atoms with Gasteiger partial charge in [-0.1, -0.05) is 35.5 Å². The lowest BCUT2D eigenvalue weighted by molar-refractivity contribution is 0.0849. The minimum atomic E-state index is -0.127. The molecule has 0 radical (unpaired) electrons. The lowest BCUT2D eigenvalue weighted by atomic mass is 9.79. The number of methoxy groups -OCH3 is 1. The third kappa shape index (κ3) is 3.36. The van der Waals surface area contributed by atoms with Crippen LogP contribution < -0.4 is 5.32 Å². The molecule has 1 aliphatic heterocycles. The van der Waals surface area contributed by atoms with Gasteiger partial charge in [0, 0.05) is 13.5 Å². The fourth-order valence-corrected chi connectivity index (χ4v) is 3.07. The van der Waals surface area contributed by atoms with Gasteiger partial charge in [0.15, 0.2) is 5.82 Å². The molecule has 1 aromatic heterocycles. The van der Waals surface area contributed by atoms with E-state index in [1.165, 1.54) is 5.56 Å². The molecule has 1 aliphatic rings. The molecule has 1 fully saturated rings. The maximum Gasteiger partial charge on any atom is 0.235 e. The van der Waals surface area contributed by atoms with Crippen molar-refractivity contribution in [2.45, 2.75) is 31.1 Å². The predicted octanol–water partition coefficient (Wildman–Crippen LogP) is 2.12. The average molecular weight is 301 g/mol. The van der Waals surface area contributed by atoms with Gasteiger partial charge < -0.3 is 14.6 Å². The number of ether oxygens (including phenoxy) is 1. The topological polar surface area (TPSA) is 60.2 Å². The van der Waals surface area contributed by atoms with Gasteiger partial charge in [-0.3, -0.25) is 0 Å². The Bertz CT molecular complexity index is 571. The largest absolute Gasteiger partial charge is 0.384 e. The number of rotatable bonds is 6. The summed E-state index contributed by atoms with van der Waals surface area (Å²) in [5.41, 5.74) is 1.17. The van der Waals surface area contributed by atoms with Gasteiger partial charge in [-0.2, -0.15) is 4.98 Å². The van der Waals surface area contributed by atoms with Gasteiger partial charge in [0.25, 0.3) is 0 Å². The number of nitrogens with one attached hydrogen (secondary N) is 1. The maximum atomic E-state index is 5.58. The van der Waals surface area contributed by atoms with E-state index in [2.05, 4.69) is 39.7 Å². The van der Waals surface area contributed by atoms with E-state index in [1.807, 2.05) is 6.07 Å². The Balaban J connectivity index is 1.69. The smallest absolute Gasteiger partial charge is 0.235 e. The quantitative estimate of drug-likeness (QED) is 0.885. The standard InChI is InChI=1S/C17H23N3O2/c1-21-13-17(9-11-18-12-10-17)16-19-15(20-22-16)8-7-14-5-3-2-4-6-14/h2-6,18H,7-13H2,1H3. The molecule has 0 aliphatic carbocycles. The first kappa shape index (κ1) is 15.2. The molecule has 5 nitrogen and oxygen atoms in total. The maximum absolute atomic E-state index is 5.58. The molecular formula is C17H23N3O2. The van der Waals surface area contributed by atoms with Crippen LogP contribution in [-0.4, -0.2) is 36.9 Å². The second-order valence-electron chi connectivity index (χ2n) is 5.96. The number of piperidine rings is 1. The van der Waals surface area contributed by atoms with E-state index in [0.717, 1.165) is 50.5 Å². The molecule has 1 aromatic carbocycles. The van der Waals surface area contributed by atoms with E-state index in [-0.39, 0.29) is 5.41 Å². The first-order valence-electron chi connectivity index (χ1n) is 7.89. The van der Waals surface area contributed by atoms with Crippen molar-refractivity contribution in [1.82, 2.24) is 15.5 Å². The highest BCUT2D eigenvalue weighted by molar-refractivity contribution is 5.16. The second kappa shape index (κ2) is 7.03. The van der Waals surface area contributed by atoms with Crippen molar-refractivity contribution < 1.29 is 9.26 Å². The van der Waals surface area contributed by atoms with Crippen molar-refractivity contribution in [3.8, 4) is 0 Å². The lowest BCUT2D eigenvalue weighted by Gasteiger charge is -2.33. The molecule has 2 heterocycles. The minimum absolute atomic E-state index is 0.127. The van der Waals surface area contributed by atoms with Gasteiger partial charge in [-0.25, -0.2) is 0 Å². The third-order valence-corrected chi connectivity index (χ3v) is 4.38. The summed E-state index contributed by atoms with van der Waals surface area (Å²) in [6.07, 6.45) is 3.68. The summed E-state index contributed by atoms with van der Waals surface area (Å²) in [4.78, 5) is 4.65. The molecule has 2 aromatic rings.